The van der Waals surface area contributed by atoms with E-state index in [0.29, 0.717) is 29.5 Å². The molecule has 0 bridgehead atoms. The van der Waals surface area contributed by atoms with Gasteiger partial charge in [-0.3, -0.25) is 0 Å². The molecule has 118 valence electrons. The Balaban J connectivity index is 2.21. The normalized spacial score (nSPS) is 21.8. The van der Waals surface area contributed by atoms with E-state index >= 15 is 0 Å². The minimum absolute atomic E-state index is 0.295. The lowest BCUT2D eigenvalue weighted by Gasteiger charge is -2.46. The third-order valence-electron chi connectivity index (χ3n) is 4.40. The molecule has 21 heavy (non-hydrogen) atoms. The molecule has 0 unspecified atom stereocenters. The van der Waals surface area contributed by atoms with Gasteiger partial charge in [-0.25, -0.2) is 13.2 Å². The zero-order chi connectivity index (χ0) is 15.7. The van der Waals surface area contributed by atoms with Gasteiger partial charge in [0, 0.05) is 30.4 Å². The second-order valence-corrected chi connectivity index (χ2v) is 6.90. The van der Waals surface area contributed by atoms with Gasteiger partial charge < -0.3 is 4.90 Å². The lowest BCUT2D eigenvalue weighted by atomic mass is 9.72. The molecule has 1 fully saturated rings. The molecule has 1 nitrogen and oxygen atoms in total. The molecule has 0 saturated heterocycles. The Morgan fingerprint density at radius 2 is 1.57 bits per heavy atom. The van der Waals surface area contributed by atoms with E-state index in [4.69, 9.17) is 0 Å². The van der Waals surface area contributed by atoms with Crippen LogP contribution < -0.4 is 4.90 Å². The van der Waals surface area contributed by atoms with Crippen molar-refractivity contribution in [1.82, 2.24) is 0 Å². The number of hydrogen-bond acceptors (Lipinski definition) is 1. The van der Waals surface area contributed by atoms with Crippen molar-refractivity contribution in [3.05, 3.63) is 29.6 Å². The first-order valence-corrected chi connectivity index (χ1v) is 7.70. The molecule has 0 spiro atoms. The Morgan fingerprint density at radius 3 is 2.00 bits per heavy atom. The zero-order valence-corrected chi connectivity index (χ0v) is 13.2. The van der Waals surface area contributed by atoms with Crippen LogP contribution >= 0.6 is 0 Å². The van der Waals surface area contributed by atoms with E-state index in [9.17, 15) is 13.2 Å². The van der Waals surface area contributed by atoms with Crippen LogP contribution in [-0.2, 0) is 0 Å². The fourth-order valence-corrected chi connectivity index (χ4v) is 3.00. The molecule has 0 radical (unpaired) electrons. The minimum atomic E-state index is -1.39. The van der Waals surface area contributed by atoms with E-state index in [1.54, 1.807) is 0 Å². The summed E-state index contributed by atoms with van der Waals surface area (Å²) in [6, 6.07) is 2.52. The summed E-state index contributed by atoms with van der Waals surface area (Å²) in [4.78, 5) is 2.04. The number of rotatable bonds is 5. The number of nitrogens with zero attached hydrogens (tertiary/aromatic N) is 1. The van der Waals surface area contributed by atoms with Gasteiger partial charge in [-0.1, -0.05) is 27.7 Å². The van der Waals surface area contributed by atoms with Gasteiger partial charge in [0.25, 0.3) is 0 Å². The minimum Gasteiger partial charge on any atom is -0.368 e. The van der Waals surface area contributed by atoms with E-state index in [2.05, 4.69) is 27.7 Å². The molecule has 1 aliphatic rings. The van der Waals surface area contributed by atoms with Crippen LogP contribution in [0, 0.1) is 35.2 Å². The first kappa shape index (κ1) is 16.2. The van der Waals surface area contributed by atoms with Crippen LogP contribution in [-0.4, -0.2) is 12.6 Å². The molecule has 0 N–H and O–H groups in total. The summed E-state index contributed by atoms with van der Waals surface area (Å²) in [5.41, 5.74) is 0.451. The van der Waals surface area contributed by atoms with E-state index in [1.165, 1.54) is 0 Å². The monoisotopic (exact) mass is 299 g/mol. The molecule has 0 aliphatic heterocycles. The smallest absolute Gasteiger partial charge is 0.194 e. The Labute approximate surface area is 125 Å². The highest BCUT2D eigenvalue weighted by Crippen LogP contribution is 2.39. The molecule has 1 saturated carbocycles. The standard InChI is InChI=1S/C17H24F3N/c1-10(2)9-21(13-5-12(6-13)11(3)4)14-7-15(18)17(20)16(19)8-14/h7-8,10-13H,5-6,9H2,1-4H3. The summed E-state index contributed by atoms with van der Waals surface area (Å²) in [6.07, 6.45) is 2.07. The lowest BCUT2D eigenvalue weighted by molar-refractivity contribution is 0.187. The maximum atomic E-state index is 13.5. The van der Waals surface area contributed by atoms with Crippen LogP contribution in [0.5, 0.6) is 0 Å². The summed E-state index contributed by atoms with van der Waals surface area (Å²) >= 11 is 0. The van der Waals surface area contributed by atoms with Crippen LogP contribution in [0.3, 0.4) is 0 Å². The Hall–Kier alpha value is -1.19. The van der Waals surface area contributed by atoms with Crippen molar-refractivity contribution < 1.29 is 13.2 Å². The number of benzene rings is 1. The summed E-state index contributed by atoms with van der Waals surface area (Å²) < 4.78 is 40.1. The summed E-state index contributed by atoms with van der Waals surface area (Å²) in [5.74, 6) is -1.95. The molecular weight excluding hydrogens is 275 g/mol. The predicted molar refractivity (Wildman–Crippen MR) is 79.9 cm³/mol. The average Bonchev–Trinajstić information content (AvgIpc) is 2.31. The molecule has 0 atom stereocenters. The lowest BCUT2D eigenvalue weighted by Crippen LogP contribution is -2.47. The molecule has 2 rings (SSSR count). The van der Waals surface area contributed by atoms with Crippen LogP contribution in [0.25, 0.3) is 0 Å². The van der Waals surface area contributed by atoms with E-state index in [-0.39, 0.29) is 0 Å². The highest BCUT2D eigenvalue weighted by Gasteiger charge is 2.36. The van der Waals surface area contributed by atoms with Crippen LogP contribution in [0.2, 0.25) is 0 Å². The summed E-state index contributed by atoms with van der Waals surface area (Å²) in [5, 5.41) is 0. The molecule has 1 aliphatic carbocycles. The van der Waals surface area contributed by atoms with E-state index in [0.717, 1.165) is 31.5 Å². The largest absolute Gasteiger partial charge is 0.368 e. The fraction of sp³-hybridized carbons (Fsp3) is 0.647. The highest BCUT2D eigenvalue weighted by atomic mass is 19.2. The number of hydrogen-bond donors (Lipinski definition) is 0. The van der Waals surface area contributed by atoms with Crippen molar-refractivity contribution >= 4 is 5.69 Å². The first-order valence-electron chi connectivity index (χ1n) is 7.70. The molecule has 1 aromatic rings. The van der Waals surface area contributed by atoms with Gasteiger partial charge in [0.05, 0.1) is 0 Å². The molecular formula is C17H24F3N. The molecule has 0 amide bonds. The third kappa shape index (κ3) is 3.53. The highest BCUT2D eigenvalue weighted by molar-refractivity contribution is 5.49. The van der Waals surface area contributed by atoms with E-state index < -0.39 is 17.5 Å². The zero-order valence-electron chi connectivity index (χ0n) is 13.2. The predicted octanol–water partition coefficient (Wildman–Crippen LogP) is 5.00. The summed E-state index contributed by atoms with van der Waals surface area (Å²) in [7, 11) is 0. The molecule has 1 aromatic carbocycles. The average molecular weight is 299 g/mol. The maximum Gasteiger partial charge on any atom is 0.194 e. The van der Waals surface area contributed by atoms with Crippen molar-refractivity contribution in [2.75, 3.05) is 11.4 Å². The Kier molecular flexibility index (Phi) is 4.84. The van der Waals surface area contributed by atoms with Crippen molar-refractivity contribution in [1.29, 1.82) is 0 Å². The van der Waals surface area contributed by atoms with Gasteiger partial charge in [-0.05, 0) is 30.6 Å². The van der Waals surface area contributed by atoms with Crippen LogP contribution in [0.1, 0.15) is 40.5 Å². The van der Waals surface area contributed by atoms with Crippen molar-refractivity contribution in [3.8, 4) is 0 Å². The first-order chi connectivity index (χ1) is 9.79. The van der Waals surface area contributed by atoms with Gasteiger partial charge in [0.1, 0.15) is 0 Å². The second kappa shape index (κ2) is 6.29. The van der Waals surface area contributed by atoms with Crippen molar-refractivity contribution in [2.24, 2.45) is 17.8 Å². The second-order valence-electron chi connectivity index (χ2n) is 6.90. The van der Waals surface area contributed by atoms with Crippen LogP contribution in [0.4, 0.5) is 18.9 Å². The van der Waals surface area contributed by atoms with Gasteiger partial charge in [-0.15, -0.1) is 0 Å². The number of halogens is 3. The van der Waals surface area contributed by atoms with Crippen molar-refractivity contribution in [2.45, 2.75) is 46.6 Å². The van der Waals surface area contributed by atoms with Crippen molar-refractivity contribution in [3.63, 3.8) is 0 Å². The molecule has 0 heterocycles. The topological polar surface area (TPSA) is 3.24 Å². The third-order valence-corrected chi connectivity index (χ3v) is 4.40. The van der Waals surface area contributed by atoms with Gasteiger partial charge in [-0.2, -0.15) is 0 Å². The van der Waals surface area contributed by atoms with Gasteiger partial charge in [0.2, 0.25) is 0 Å². The SMILES string of the molecule is CC(C)CN(c1cc(F)c(F)c(F)c1)C1CC(C(C)C)C1. The fourth-order valence-electron chi connectivity index (χ4n) is 3.00. The molecule has 4 heteroatoms. The van der Waals surface area contributed by atoms with Gasteiger partial charge >= 0.3 is 0 Å². The summed E-state index contributed by atoms with van der Waals surface area (Å²) in [6.45, 7) is 9.26. The Bertz CT molecular complexity index is 470. The molecule has 0 aromatic heterocycles. The van der Waals surface area contributed by atoms with Gasteiger partial charge in [0.15, 0.2) is 17.5 Å². The van der Waals surface area contributed by atoms with Crippen LogP contribution in [0.15, 0.2) is 12.1 Å². The van der Waals surface area contributed by atoms with E-state index in [1.807, 2.05) is 4.90 Å². The Morgan fingerprint density at radius 1 is 1.05 bits per heavy atom. The number of anilines is 1. The maximum absolute atomic E-state index is 13.5. The quantitative estimate of drug-likeness (QED) is 0.691.